The molecule has 112 valence electrons. The predicted octanol–water partition coefficient (Wildman–Crippen LogP) is 1.79. The lowest BCUT2D eigenvalue weighted by Crippen LogP contribution is -2.31. The number of carbonyl (C=O) groups is 1. The number of benzene rings is 2. The third-order valence-electron chi connectivity index (χ3n) is 3.42. The van der Waals surface area contributed by atoms with Gasteiger partial charge in [-0.15, -0.1) is 0 Å². The molecule has 0 atom stereocenters. The highest BCUT2D eigenvalue weighted by Gasteiger charge is 2.10. The average molecular weight is 299 g/mol. The van der Waals surface area contributed by atoms with Gasteiger partial charge in [0.05, 0.1) is 11.0 Å². The molecule has 3 rings (SSSR count). The van der Waals surface area contributed by atoms with Gasteiger partial charge in [0.2, 0.25) is 5.91 Å². The number of hydrogen-bond acceptors (Lipinski definition) is 2. The summed E-state index contributed by atoms with van der Waals surface area (Å²) in [5, 5.41) is 2.62. The molecule has 0 radical (unpaired) electrons. The number of imidazole rings is 1. The monoisotopic (exact) mass is 299 g/mol. The first-order chi connectivity index (χ1) is 10.6. The number of fused-ring (bicyclic) bond motifs is 1. The van der Waals surface area contributed by atoms with Crippen LogP contribution in [0.1, 0.15) is 5.56 Å². The number of nitrogens with zero attached hydrogens (tertiary/aromatic N) is 1. The van der Waals surface area contributed by atoms with Crippen molar-refractivity contribution >= 4 is 16.9 Å². The van der Waals surface area contributed by atoms with Crippen molar-refractivity contribution in [3.05, 3.63) is 70.4 Å². The zero-order valence-electron chi connectivity index (χ0n) is 11.7. The second-order valence-corrected chi connectivity index (χ2v) is 4.90. The number of para-hydroxylation sites is 2. The van der Waals surface area contributed by atoms with Crippen molar-refractivity contribution in [3.8, 4) is 0 Å². The summed E-state index contributed by atoms with van der Waals surface area (Å²) in [5.74, 6) is -0.720. The molecule has 0 saturated heterocycles. The molecule has 0 aliphatic carbocycles. The maximum atomic E-state index is 13.5. The van der Waals surface area contributed by atoms with Crippen LogP contribution in [0.15, 0.2) is 53.3 Å². The van der Waals surface area contributed by atoms with Crippen LogP contribution < -0.4 is 11.0 Å². The highest BCUT2D eigenvalue weighted by molar-refractivity contribution is 5.80. The van der Waals surface area contributed by atoms with Crippen LogP contribution in [-0.2, 0) is 17.9 Å². The Kier molecular flexibility index (Phi) is 3.74. The van der Waals surface area contributed by atoms with E-state index in [1.807, 2.05) is 0 Å². The molecule has 0 unspecified atom stereocenters. The van der Waals surface area contributed by atoms with E-state index in [1.165, 1.54) is 10.6 Å². The number of H-pyrrole nitrogens is 1. The fraction of sp³-hybridized carbons (Fsp3) is 0.125. The van der Waals surface area contributed by atoms with E-state index in [9.17, 15) is 14.0 Å². The molecule has 2 aromatic carbocycles. The average Bonchev–Trinajstić information content (AvgIpc) is 2.83. The summed E-state index contributed by atoms with van der Waals surface area (Å²) >= 11 is 0. The Bertz CT molecular complexity index is 882. The SMILES string of the molecule is O=C(Cn1c(=O)[nH]c2ccccc21)NCc1ccccc1F. The van der Waals surface area contributed by atoms with Crippen LogP contribution in [-0.4, -0.2) is 15.5 Å². The molecule has 1 heterocycles. The van der Waals surface area contributed by atoms with Gasteiger partial charge < -0.3 is 10.3 Å². The molecule has 5 nitrogen and oxygen atoms in total. The van der Waals surface area contributed by atoms with Gasteiger partial charge in [0.15, 0.2) is 0 Å². The number of halogens is 1. The number of aromatic amines is 1. The largest absolute Gasteiger partial charge is 0.350 e. The second-order valence-electron chi connectivity index (χ2n) is 4.90. The van der Waals surface area contributed by atoms with E-state index in [0.717, 1.165) is 0 Å². The molecule has 0 spiro atoms. The highest BCUT2D eigenvalue weighted by Crippen LogP contribution is 2.09. The fourth-order valence-corrected chi connectivity index (χ4v) is 2.30. The smallest absolute Gasteiger partial charge is 0.326 e. The number of carbonyl (C=O) groups excluding carboxylic acids is 1. The molecular weight excluding hydrogens is 285 g/mol. The summed E-state index contributed by atoms with van der Waals surface area (Å²) in [7, 11) is 0. The molecule has 1 amide bonds. The third-order valence-corrected chi connectivity index (χ3v) is 3.42. The molecule has 1 aromatic heterocycles. The predicted molar refractivity (Wildman–Crippen MR) is 80.8 cm³/mol. The minimum Gasteiger partial charge on any atom is -0.350 e. The van der Waals surface area contributed by atoms with Crippen LogP contribution in [0, 0.1) is 5.82 Å². The van der Waals surface area contributed by atoms with Gasteiger partial charge in [-0.05, 0) is 18.2 Å². The van der Waals surface area contributed by atoms with E-state index in [1.54, 1.807) is 42.5 Å². The molecule has 2 N–H and O–H groups in total. The Labute approximate surface area is 125 Å². The summed E-state index contributed by atoms with van der Waals surface area (Å²) in [6.45, 7) is -0.0279. The fourth-order valence-electron chi connectivity index (χ4n) is 2.30. The lowest BCUT2D eigenvalue weighted by atomic mass is 10.2. The Morgan fingerprint density at radius 2 is 1.86 bits per heavy atom. The van der Waals surface area contributed by atoms with Gasteiger partial charge >= 0.3 is 5.69 Å². The number of aromatic nitrogens is 2. The normalized spacial score (nSPS) is 10.8. The molecule has 22 heavy (non-hydrogen) atoms. The van der Waals surface area contributed by atoms with Crippen LogP contribution >= 0.6 is 0 Å². The number of rotatable bonds is 4. The number of amides is 1. The minimum atomic E-state index is -0.368. The number of nitrogens with one attached hydrogen (secondary N) is 2. The van der Waals surface area contributed by atoms with Crippen molar-refractivity contribution in [2.45, 2.75) is 13.1 Å². The van der Waals surface area contributed by atoms with Crippen molar-refractivity contribution in [2.75, 3.05) is 0 Å². The Hall–Kier alpha value is -2.89. The van der Waals surface area contributed by atoms with Gasteiger partial charge in [-0.2, -0.15) is 0 Å². The first-order valence-corrected chi connectivity index (χ1v) is 6.83. The molecule has 0 bridgehead atoms. The van der Waals surface area contributed by atoms with Gasteiger partial charge in [-0.3, -0.25) is 9.36 Å². The van der Waals surface area contributed by atoms with Crippen molar-refractivity contribution in [3.63, 3.8) is 0 Å². The summed E-state index contributed by atoms with van der Waals surface area (Å²) in [5.41, 5.74) is 1.40. The van der Waals surface area contributed by atoms with Gasteiger partial charge in [0.25, 0.3) is 0 Å². The van der Waals surface area contributed by atoms with Gasteiger partial charge in [0, 0.05) is 12.1 Å². The Morgan fingerprint density at radius 3 is 2.68 bits per heavy atom. The van der Waals surface area contributed by atoms with Crippen molar-refractivity contribution in [1.82, 2.24) is 14.9 Å². The van der Waals surface area contributed by atoms with Crippen molar-refractivity contribution < 1.29 is 9.18 Å². The van der Waals surface area contributed by atoms with Gasteiger partial charge in [-0.25, -0.2) is 9.18 Å². The zero-order chi connectivity index (χ0) is 15.5. The Balaban J connectivity index is 1.73. The summed E-state index contributed by atoms with van der Waals surface area (Å²) in [6.07, 6.45) is 0. The molecule has 0 fully saturated rings. The molecule has 0 aliphatic rings. The lowest BCUT2D eigenvalue weighted by molar-refractivity contribution is -0.121. The van der Waals surface area contributed by atoms with Crippen LogP contribution in [0.3, 0.4) is 0 Å². The highest BCUT2D eigenvalue weighted by atomic mass is 19.1. The lowest BCUT2D eigenvalue weighted by Gasteiger charge is -2.07. The van der Waals surface area contributed by atoms with E-state index in [-0.39, 0.29) is 30.5 Å². The minimum absolute atomic E-state index is 0.0859. The molecule has 0 aliphatic heterocycles. The first-order valence-electron chi connectivity index (χ1n) is 6.83. The maximum absolute atomic E-state index is 13.5. The molecular formula is C16H14FN3O2. The standard InChI is InChI=1S/C16H14FN3O2/c17-12-6-2-1-5-11(12)9-18-15(21)10-20-14-8-4-3-7-13(14)19-16(20)22/h1-8H,9-10H2,(H,18,21)(H,19,22). The van der Waals surface area contributed by atoms with Crippen LogP contribution in [0.25, 0.3) is 11.0 Å². The van der Waals surface area contributed by atoms with E-state index in [4.69, 9.17) is 0 Å². The molecule has 0 saturated carbocycles. The van der Waals surface area contributed by atoms with E-state index < -0.39 is 0 Å². The van der Waals surface area contributed by atoms with Crippen LogP contribution in [0.4, 0.5) is 4.39 Å². The topological polar surface area (TPSA) is 66.9 Å². The van der Waals surface area contributed by atoms with E-state index >= 15 is 0 Å². The summed E-state index contributed by atoms with van der Waals surface area (Å²) < 4.78 is 14.8. The van der Waals surface area contributed by atoms with E-state index in [2.05, 4.69) is 10.3 Å². The van der Waals surface area contributed by atoms with Crippen molar-refractivity contribution in [2.24, 2.45) is 0 Å². The van der Waals surface area contributed by atoms with E-state index in [0.29, 0.717) is 16.6 Å². The maximum Gasteiger partial charge on any atom is 0.326 e. The molecule has 3 aromatic rings. The summed E-state index contributed by atoms with van der Waals surface area (Å²) in [4.78, 5) is 26.5. The van der Waals surface area contributed by atoms with Gasteiger partial charge in [0.1, 0.15) is 12.4 Å². The molecule has 6 heteroatoms. The second kappa shape index (κ2) is 5.85. The van der Waals surface area contributed by atoms with Crippen LogP contribution in [0.2, 0.25) is 0 Å². The first kappa shape index (κ1) is 14.1. The quantitative estimate of drug-likeness (QED) is 0.771. The zero-order valence-corrected chi connectivity index (χ0v) is 11.7. The van der Waals surface area contributed by atoms with Gasteiger partial charge in [-0.1, -0.05) is 30.3 Å². The summed E-state index contributed by atoms with van der Waals surface area (Å²) in [6, 6.07) is 13.4. The Morgan fingerprint density at radius 1 is 1.14 bits per heavy atom. The van der Waals surface area contributed by atoms with Crippen molar-refractivity contribution in [1.29, 1.82) is 0 Å². The van der Waals surface area contributed by atoms with Crippen LogP contribution in [0.5, 0.6) is 0 Å². The third kappa shape index (κ3) is 2.76. The number of hydrogen-bond donors (Lipinski definition) is 2.